The van der Waals surface area contributed by atoms with Crippen LogP contribution >= 0.6 is 34.5 Å². The predicted molar refractivity (Wildman–Crippen MR) is 104 cm³/mol. The molecule has 0 unspecified atom stereocenters. The van der Waals surface area contributed by atoms with Gasteiger partial charge in [-0.25, -0.2) is 4.98 Å². The molecule has 0 saturated heterocycles. The highest BCUT2D eigenvalue weighted by molar-refractivity contribution is 7.10. The van der Waals surface area contributed by atoms with Gasteiger partial charge in [0.25, 0.3) is 5.91 Å². The molecule has 0 bridgehead atoms. The first-order valence-electron chi connectivity index (χ1n) is 7.66. The molecular weight excluding hydrogens is 436 g/mol. The first-order chi connectivity index (χ1) is 13.2. The van der Waals surface area contributed by atoms with Crippen molar-refractivity contribution < 1.29 is 22.7 Å². The Bertz CT molecular complexity index is 1040. The van der Waals surface area contributed by atoms with E-state index in [4.69, 9.17) is 27.9 Å². The number of aromatic nitrogens is 1. The Hall–Kier alpha value is -2.29. The van der Waals surface area contributed by atoms with E-state index in [-0.39, 0.29) is 21.3 Å². The standard InChI is InChI=1S/C18H11Cl2F3N2O2S/c1-27-10-3-5-12(14(20)7-10)16(26)24-9-2-4-11(13(19)6-9)15-8-28-17(25-15)18(21,22)23/h2-8H,1H3,(H,24,26). The van der Waals surface area contributed by atoms with Crippen LogP contribution in [0.4, 0.5) is 18.9 Å². The Balaban J connectivity index is 1.81. The van der Waals surface area contributed by atoms with E-state index in [0.29, 0.717) is 28.3 Å². The zero-order chi connectivity index (χ0) is 20.5. The molecule has 1 amide bonds. The van der Waals surface area contributed by atoms with Gasteiger partial charge in [-0.1, -0.05) is 23.2 Å². The quantitative estimate of drug-likeness (QED) is 0.504. The normalized spacial score (nSPS) is 11.4. The number of thiazole rings is 1. The number of carbonyl (C=O) groups is 1. The number of anilines is 1. The number of amides is 1. The number of hydrogen-bond acceptors (Lipinski definition) is 4. The first kappa shape index (κ1) is 20.4. The number of carbonyl (C=O) groups excluding carboxylic acids is 1. The van der Waals surface area contributed by atoms with Crippen molar-refractivity contribution in [2.24, 2.45) is 0 Å². The van der Waals surface area contributed by atoms with Gasteiger partial charge in [0.2, 0.25) is 0 Å². The van der Waals surface area contributed by atoms with E-state index >= 15 is 0 Å². The molecule has 1 N–H and O–H groups in total. The number of methoxy groups -OCH3 is 1. The summed E-state index contributed by atoms with van der Waals surface area (Å²) in [6, 6.07) is 9.05. The van der Waals surface area contributed by atoms with Crippen LogP contribution in [-0.2, 0) is 6.18 Å². The van der Waals surface area contributed by atoms with Crippen LogP contribution in [0.25, 0.3) is 11.3 Å². The number of halogens is 5. The summed E-state index contributed by atoms with van der Waals surface area (Å²) in [5, 5.41) is 3.32. The highest BCUT2D eigenvalue weighted by Crippen LogP contribution is 2.37. The maximum Gasteiger partial charge on any atom is 0.443 e. The molecule has 0 aliphatic rings. The number of hydrogen-bond donors (Lipinski definition) is 1. The van der Waals surface area contributed by atoms with Gasteiger partial charge in [0, 0.05) is 16.6 Å². The second kappa shape index (κ2) is 7.98. The fourth-order valence-electron chi connectivity index (χ4n) is 2.33. The van der Waals surface area contributed by atoms with E-state index in [1.807, 2.05) is 0 Å². The third-order valence-corrected chi connectivity index (χ3v) is 5.18. The zero-order valence-corrected chi connectivity index (χ0v) is 16.4. The lowest BCUT2D eigenvalue weighted by Crippen LogP contribution is -2.12. The van der Waals surface area contributed by atoms with Gasteiger partial charge < -0.3 is 10.1 Å². The topological polar surface area (TPSA) is 51.2 Å². The summed E-state index contributed by atoms with van der Waals surface area (Å²) in [4.78, 5) is 16.0. The molecule has 10 heteroatoms. The van der Waals surface area contributed by atoms with Crippen LogP contribution in [-0.4, -0.2) is 18.0 Å². The van der Waals surface area contributed by atoms with Crippen molar-refractivity contribution in [2.75, 3.05) is 12.4 Å². The Labute approximate surface area is 171 Å². The Morgan fingerprint density at radius 3 is 2.46 bits per heavy atom. The van der Waals surface area contributed by atoms with Crippen molar-refractivity contribution in [3.63, 3.8) is 0 Å². The van der Waals surface area contributed by atoms with E-state index in [0.717, 1.165) is 0 Å². The van der Waals surface area contributed by atoms with E-state index in [1.54, 1.807) is 6.07 Å². The molecule has 28 heavy (non-hydrogen) atoms. The maximum atomic E-state index is 12.7. The Morgan fingerprint density at radius 2 is 1.89 bits per heavy atom. The summed E-state index contributed by atoms with van der Waals surface area (Å²) in [6.07, 6.45) is -4.51. The van der Waals surface area contributed by atoms with Crippen LogP contribution in [0.5, 0.6) is 5.75 Å². The summed E-state index contributed by atoms with van der Waals surface area (Å²) >= 11 is 12.7. The van der Waals surface area contributed by atoms with Crippen molar-refractivity contribution in [1.29, 1.82) is 0 Å². The highest BCUT2D eigenvalue weighted by Gasteiger charge is 2.34. The SMILES string of the molecule is COc1ccc(C(=O)Nc2ccc(-c3csc(C(F)(F)F)n3)c(Cl)c2)c(Cl)c1. The zero-order valence-electron chi connectivity index (χ0n) is 14.1. The molecule has 0 spiro atoms. The van der Waals surface area contributed by atoms with Gasteiger partial charge in [-0.05, 0) is 36.4 Å². The molecule has 1 heterocycles. The number of ether oxygens (including phenoxy) is 1. The lowest BCUT2D eigenvalue weighted by atomic mass is 10.1. The van der Waals surface area contributed by atoms with Crippen LogP contribution in [0.1, 0.15) is 15.4 Å². The molecule has 0 atom stereocenters. The Morgan fingerprint density at radius 1 is 1.14 bits per heavy atom. The highest BCUT2D eigenvalue weighted by atomic mass is 35.5. The third kappa shape index (κ3) is 4.40. The monoisotopic (exact) mass is 446 g/mol. The molecule has 0 aliphatic heterocycles. The number of benzene rings is 2. The minimum absolute atomic E-state index is 0.110. The third-order valence-electron chi connectivity index (χ3n) is 3.67. The van der Waals surface area contributed by atoms with Crippen molar-refractivity contribution in [3.05, 3.63) is 62.4 Å². The molecule has 0 saturated carbocycles. The summed E-state index contributed by atoms with van der Waals surface area (Å²) in [7, 11) is 1.48. The smallest absolute Gasteiger partial charge is 0.443 e. The number of nitrogens with one attached hydrogen (secondary N) is 1. The summed E-state index contributed by atoms with van der Waals surface area (Å²) < 4.78 is 43.2. The predicted octanol–water partition coefficient (Wildman–Crippen LogP) is 6.40. The number of nitrogens with zero attached hydrogens (tertiary/aromatic N) is 1. The maximum absolute atomic E-state index is 12.7. The van der Waals surface area contributed by atoms with Gasteiger partial charge in [0.05, 0.1) is 28.4 Å². The van der Waals surface area contributed by atoms with Crippen molar-refractivity contribution >= 4 is 46.1 Å². The fraction of sp³-hybridized carbons (Fsp3) is 0.111. The van der Waals surface area contributed by atoms with Gasteiger partial charge >= 0.3 is 6.18 Å². The van der Waals surface area contributed by atoms with Gasteiger partial charge in [0.1, 0.15) is 5.75 Å². The largest absolute Gasteiger partial charge is 0.497 e. The van der Waals surface area contributed by atoms with Crippen LogP contribution in [0.3, 0.4) is 0 Å². The van der Waals surface area contributed by atoms with Gasteiger partial charge in [-0.2, -0.15) is 13.2 Å². The average molecular weight is 447 g/mol. The van der Waals surface area contributed by atoms with Crippen molar-refractivity contribution in [3.8, 4) is 17.0 Å². The van der Waals surface area contributed by atoms with E-state index in [9.17, 15) is 18.0 Å². The molecule has 0 aliphatic carbocycles. The molecule has 2 aromatic carbocycles. The lowest BCUT2D eigenvalue weighted by Gasteiger charge is -2.10. The molecule has 146 valence electrons. The van der Waals surface area contributed by atoms with E-state index in [2.05, 4.69) is 10.3 Å². The first-order valence-corrected chi connectivity index (χ1v) is 9.30. The second-order valence-electron chi connectivity index (χ2n) is 5.53. The number of rotatable bonds is 4. The minimum Gasteiger partial charge on any atom is -0.497 e. The van der Waals surface area contributed by atoms with E-state index < -0.39 is 17.1 Å². The molecule has 3 aromatic rings. The Kier molecular flexibility index (Phi) is 5.83. The van der Waals surface area contributed by atoms with E-state index in [1.165, 1.54) is 42.8 Å². The van der Waals surface area contributed by atoms with Crippen molar-refractivity contribution in [2.45, 2.75) is 6.18 Å². The van der Waals surface area contributed by atoms with Gasteiger partial charge in [0.15, 0.2) is 5.01 Å². The molecular formula is C18H11Cl2F3N2O2S. The average Bonchev–Trinajstić information content (AvgIpc) is 3.11. The molecule has 1 aromatic heterocycles. The summed E-state index contributed by atoms with van der Waals surface area (Å²) in [5.74, 6) is 0.0416. The van der Waals surface area contributed by atoms with Gasteiger partial charge in [-0.15, -0.1) is 11.3 Å². The van der Waals surface area contributed by atoms with Crippen LogP contribution in [0.15, 0.2) is 41.8 Å². The van der Waals surface area contributed by atoms with Gasteiger partial charge in [-0.3, -0.25) is 4.79 Å². The van der Waals surface area contributed by atoms with Crippen LogP contribution < -0.4 is 10.1 Å². The lowest BCUT2D eigenvalue weighted by molar-refractivity contribution is -0.137. The van der Waals surface area contributed by atoms with Crippen LogP contribution in [0.2, 0.25) is 10.0 Å². The minimum atomic E-state index is -4.51. The summed E-state index contributed by atoms with van der Waals surface area (Å²) in [5.41, 5.74) is 1.03. The van der Waals surface area contributed by atoms with Crippen molar-refractivity contribution in [1.82, 2.24) is 4.98 Å². The van der Waals surface area contributed by atoms with Crippen LogP contribution in [0, 0.1) is 0 Å². The fourth-order valence-corrected chi connectivity index (χ4v) is 3.55. The number of alkyl halides is 3. The summed E-state index contributed by atoms with van der Waals surface area (Å²) in [6.45, 7) is 0. The molecule has 0 radical (unpaired) electrons. The molecule has 3 rings (SSSR count). The molecule has 4 nitrogen and oxygen atoms in total. The molecule has 0 fully saturated rings. The second-order valence-corrected chi connectivity index (χ2v) is 7.20.